The molecule has 10 heavy (non-hydrogen) atoms. The molecule has 0 aliphatic carbocycles. The summed E-state index contributed by atoms with van der Waals surface area (Å²) in [6.07, 6.45) is 0.190. The van der Waals surface area contributed by atoms with Crippen molar-refractivity contribution in [2.75, 3.05) is 19.8 Å². The molecular weight excluding hydrogens is 138 g/mol. The molecule has 0 bridgehead atoms. The van der Waals surface area contributed by atoms with Crippen molar-refractivity contribution in [2.45, 2.75) is 6.10 Å². The standard InChI is InChI=1S/C3H6O2.C2H5NO2/c4-1-3-2-5-3;3-1-2(4)5/h3-4H,1-2H2;1,3H2,(H,4,5). The van der Waals surface area contributed by atoms with Crippen molar-refractivity contribution in [3.05, 3.63) is 0 Å². The van der Waals surface area contributed by atoms with Crippen LogP contribution >= 0.6 is 0 Å². The molecule has 1 aliphatic rings. The number of aliphatic hydroxyl groups is 1. The average Bonchev–Trinajstić information content (AvgIpc) is 2.70. The van der Waals surface area contributed by atoms with Crippen molar-refractivity contribution in [1.82, 2.24) is 0 Å². The number of carboxylic acids is 1. The lowest BCUT2D eigenvalue weighted by atomic mass is 10.5. The predicted octanol–water partition coefficient (Wildman–Crippen LogP) is -1.59. The summed E-state index contributed by atoms with van der Waals surface area (Å²) in [4.78, 5) is 9.24. The van der Waals surface area contributed by atoms with Crippen LogP contribution in [-0.4, -0.2) is 42.0 Å². The van der Waals surface area contributed by atoms with Gasteiger partial charge in [0.15, 0.2) is 0 Å². The summed E-state index contributed by atoms with van der Waals surface area (Å²) in [5.41, 5.74) is 4.57. The van der Waals surface area contributed by atoms with Gasteiger partial charge in [-0.05, 0) is 0 Å². The van der Waals surface area contributed by atoms with E-state index in [1.165, 1.54) is 0 Å². The van der Waals surface area contributed by atoms with E-state index in [1.807, 2.05) is 0 Å². The van der Waals surface area contributed by atoms with Crippen LogP contribution in [0.15, 0.2) is 0 Å². The van der Waals surface area contributed by atoms with E-state index in [4.69, 9.17) is 10.2 Å². The molecule has 5 nitrogen and oxygen atoms in total. The monoisotopic (exact) mass is 149 g/mol. The molecule has 60 valence electrons. The van der Waals surface area contributed by atoms with Crippen molar-refractivity contribution in [3.8, 4) is 0 Å². The van der Waals surface area contributed by atoms with Gasteiger partial charge in [0, 0.05) is 0 Å². The predicted molar refractivity (Wildman–Crippen MR) is 33.5 cm³/mol. The molecule has 0 saturated carbocycles. The van der Waals surface area contributed by atoms with Crippen LogP contribution in [0.4, 0.5) is 0 Å². The topological polar surface area (TPSA) is 96.1 Å². The number of rotatable bonds is 2. The van der Waals surface area contributed by atoms with Crippen LogP contribution in [0.3, 0.4) is 0 Å². The van der Waals surface area contributed by atoms with E-state index >= 15 is 0 Å². The Bertz CT molecular complexity index is 102. The summed E-state index contributed by atoms with van der Waals surface area (Å²) in [7, 11) is 0. The first-order valence-corrected chi connectivity index (χ1v) is 2.85. The SMILES string of the molecule is NCC(=O)O.OCC1CO1. The Morgan fingerprint density at radius 1 is 1.80 bits per heavy atom. The number of carboxylic acid groups (broad SMARTS) is 1. The third kappa shape index (κ3) is 7.35. The fourth-order valence-electron chi connectivity index (χ4n) is 0.173. The Morgan fingerprint density at radius 3 is 2.20 bits per heavy atom. The highest BCUT2D eigenvalue weighted by molar-refractivity contribution is 5.68. The highest BCUT2D eigenvalue weighted by Gasteiger charge is 2.19. The highest BCUT2D eigenvalue weighted by Crippen LogP contribution is 2.04. The molecule has 0 aromatic carbocycles. The third-order valence-corrected chi connectivity index (χ3v) is 0.781. The lowest BCUT2D eigenvalue weighted by Gasteiger charge is -1.73. The maximum atomic E-state index is 9.24. The number of carbonyl (C=O) groups is 1. The smallest absolute Gasteiger partial charge is 0.317 e. The Labute approximate surface area is 58.4 Å². The van der Waals surface area contributed by atoms with E-state index in [0.29, 0.717) is 0 Å². The second-order valence-electron chi connectivity index (χ2n) is 1.74. The van der Waals surface area contributed by atoms with Crippen molar-refractivity contribution < 1.29 is 19.7 Å². The summed E-state index contributed by atoms with van der Waals surface area (Å²) in [5.74, 6) is -0.968. The van der Waals surface area contributed by atoms with Crippen molar-refractivity contribution in [2.24, 2.45) is 5.73 Å². The van der Waals surface area contributed by atoms with Gasteiger partial charge in [-0.2, -0.15) is 0 Å². The van der Waals surface area contributed by atoms with Gasteiger partial charge in [-0.1, -0.05) is 0 Å². The molecule has 1 atom stereocenters. The van der Waals surface area contributed by atoms with Crippen LogP contribution in [0.2, 0.25) is 0 Å². The van der Waals surface area contributed by atoms with Gasteiger partial charge in [0.25, 0.3) is 0 Å². The Hall–Kier alpha value is -0.650. The lowest BCUT2D eigenvalue weighted by molar-refractivity contribution is -0.135. The number of ether oxygens (including phenoxy) is 1. The van der Waals surface area contributed by atoms with E-state index in [2.05, 4.69) is 10.5 Å². The number of nitrogens with two attached hydrogens (primary N) is 1. The van der Waals surface area contributed by atoms with Crippen LogP contribution in [0.1, 0.15) is 0 Å². The van der Waals surface area contributed by atoms with Crippen molar-refractivity contribution >= 4 is 5.97 Å². The van der Waals surface area contributed by atoms with E-state index in [1.54, 1.807) is 0 Å². The van der Waals surface area contributed by atoms with Crippen molar-refractivity contribution in [1.29, 1.82) is 0 Å². The Kier molecular flexibility index (Phi) is 4.82. The summed E-state index contributed by atoms with van der Waals surface area (Å²) in [6, 6.07) is 0. The molecule has 1 unspecified atom stereocenters. The van der Waals surface area contributed by atoms with E-state index in [0.717, 1.165) is 6.61 Å². The second-order valence-corrected chi connectivity index (χ2v) is 1.74. The zero-order chi connectivity index (χ0) is 7.98. The van der Waals surface area contributed by atoms with Gasteiger partial charge in [-0.25, -0.2) is 0 Å². The lowest BCUT2D eigenvalue weighted by Crippen LogP contribution is -2.10. The molecule has 0 radical (unpaired) electrons. The average molecular weight is 149 g/mol. The molecule has 1 fully saturated rings. The molecular formula is C5H11NO4. The molecule has 0 amide bonds. The zero-order valence-electron chi connectivity index (χ0n) is 5.49. The Balaban J connectivity index is 0.000000162. The summed E-state index contributed by atoms with van der Waals surface area (Å²) < 4.78 is 4.61. The van der Waals surface area contributed by atoms with Crippen LogP contribution in [0.5, 0.6) is 0 Å². The maximum absolute atomic E-state index is 9.24. The second kappa shape index (κ2) is 5.16. The molecule has 1 saturated heterocycles. The molecule has 0 spiro atoms. The quantitative estimate of drug-likeness (QED) is 0.411. The van der Waals surface area contributed by atoms with Gasteiger partial charge in [0.05, 0.1) is 19.8 Å². The highest BCUT2D eigenvalue weighted by atomic mass is 16.6. The van der Waals surface area contributed by atoms with Gasteiger partial charge >= 0.3 is 5.97 Å². The molecule has 1 heterocycles. The van der Waals surface area contributed by atoms with Gasteiger partial charge in [-0.15, -0.1) is 0 Å². The molecule has 1 aliphatic heterocycles. The summed E-state index contributed by atoms with van der Waals surface area (Å²) >= 11 is 0. The molecule has 0 aromatic rings. The minimum Gasteiger partial charge on any atom is -0.480 e. The molecule has 5 heteroatoms. The van der Waals surface area contributed by atoms with Crippen molar-refractivity contribution in [3.63, 3.8) is 0 Å². The first kappa shape index (κ1) is 9.35. The fourth-order valence-corrected chi connectivity index (χ4v) is 0.173. The van der Waals surface area contributed by atoms with Gasteiger partial charge < -0.3 is 20.7 Å². The largest absolute Gasteiger partial charge is 0.480 e. The zero-order valence-corrected chi connectivity index (χ0v) is 5.49. The maximum Gasteiger partial charge on any atom is 0.317 e. The van der Waals surface area contributed by atoms with Gasteiger partial charge in [0.2, 0.25) is 0 Å². The summed E-state index contributed by atoms with van der Waals surface area (Å²) in [6.45, 7) is 0.677. The van der Waals surface area contributed by atoms with E-state index in [-0.39, 0.29) is 19.3 Å². The van der Waals surface area contributed by atoms with Crippen LogP contribution in [0.25, 0.3) is 0 Å². The minimum atomic E-state index is -0.968. The van der Waals surface area contributed by atoms with Gasteiger partial charge in [-0.3, -0.25) is 4.79 Å². The third-order valence-electron chi connectivity index (χ3n) is 0.781. The molecule has 4 N–H and O–H groups in total. The number of aliphatic hydroxyl groups excluding tert-OH is 1. The molecule has 0 aromatic heterocycles. The number of hydrogen-bond donors (Lipinski definition) is 3. The number of hydrogen-bond acceptors (Lipinski definition) is 4. The van der Waals surface area contributed by atoms with E-state index in [9.17, 15) is 4.79 Å². The van der Waals surface area contributed by atoms with E-state index < -0.39 is 5.97 Å². The van der Waals surface area contributed by atoms with Crippen LogP contribution in [-0.2, 0) is 9.53 Å². The first-order valence-electron chi connectivity index (χ1n) is 2.85. The number of epoxide rings is 1. The first-order chi connectivity index (χ1) is 4.70. The van der Waals surface area contributed by atoms with Gasteiger partial charge in [0.1, 0.15) is 6.10 Å². The Morgan fingerprint density at radius 2 is 2.20 bits per heavy atom. The van der Waals surface area contributed by atoms with Crippen LogP contribution < -0.4 is 5.73 Å². The minimum absolute atomic E-state index is 0.190. The fraction of sp³-hybridized carbons (Fsp3) is 0.800. The summed E-state index contributed by atoms with van der Waals surface area (Å²) in [5, 5.41) is 15.7. The van der Waals surface area contributed by atoms with Crippen LogP contribution in [0, 0.1) is 0 Å². The number of aliphatic carboxylic acids is 1. The normalized spacial score (nSPS) is 20.8. The molecule has 1 rings (SSSR count).